The molecule has 0 aliphatic heterocycles. The number of hydrogen-bond donors (Lipinski definition) is 1. The fourth-order valence-corrected chi connectivity index (χ4v) is 1.43. The van der Waals surface area contributed by atoms with Crippen molar-refractivity contribution in [2.24, 2.45) is 0 Å². The van der Waals surface area contributed by atoms with Gasteiger partial charge >= 0.3 is 18.9 Å². The second kappa shape index (κ2) is 5.07. The molecule has 0 bridgehead atoms. The molecular formula is C7H6LiNO3S. The number of carboxylic acid groups (broad SMARTS) is 1. The molecule has 0 aliphatic carbocycles. The topological polar surface area (TPSA) is 69.2 Å². The fourth-order valence-electron chi connectivity index (χ4n) is 0.665. The van der Waals surface area contributed by atoms with Crippen LogP contribution in [0.2, 0.25) is 0 Å². The third-order valence-electron chi connectivity index (χ3n) is 1.16. The smallest absolute Gasteiger partial charge is 0.540 e. The molecule has 1 N–H and O–H groups in total. The van der Waals surface area contributed by atoms with Gasteiger partial charge in [0.2, 0.25) is 0 Å². The standard InChI is InChI=1S/C7H7NO3S.Li/c1-4-2-3-5(12-4)8-6(9)7(10)11;/h2-3H,1H3,(H,8,9)(H,10,11);/q;+1/p-1. The first-order chi connectivity index (χ1) is 5.59. The van der Waals surface area contributed by atoms with E-state index >= 15 is 0 Å². The van der Waals surface area contributed by atoms with E-state index in [0.717, 1.165) is 4.88 Å². The Labute approximate surface area is 91.1 Å². The van der Waals surface area contributed by atoms with Gasteiger partial charge in [0.1, 0.15) is 5.97 Å². The summed E-state index contributed by atoms with van der Waals surface area (Å²) in [5.41, 5.74) is 0. The maximum Gasteiger partial charge on any atom is 1.00 e. The van der Waals surface area contributed by atoms with Gasteiger partial charge in [0.15, 0.2) is 0 Å². The zero-order valence-electron chi connectivity index (χ0n) is 7.29. The molecule has 0 aromatic carbocycles. The fraction of sp³-hybridized carbons (Fsp3) is 0.143. The van der Waals surface area contributed by atoms with Crippen molar-refractivity contribution in [1.29, 1.82) is 0 Å². The molecule has 0 spiro atoms. The van der Waals surface area contributed by atoms with Crippen LogP contribution >= 0.6 is 11.3 Å². The Morgan fingerprint density at radius 3 is 2.46 bits per heavy atom. The number of amides is 1. The molecule has 64 valence electrons. The normalized spacial score (nSPS) is 8.69. The number of carbonyl (C=O) groups excluding carboxylic acids is 2. The molecule has 0 aliphatic rings. The summed E-state index contributed by atoms with van der Waals surface area (Å²) in [4.78, 5) is 21.6. The van der Waals surface area contributed by atoms with Gasteiger partial charge in [-0.15, -0.1) is 11.3 Å². The summed E-state index contributed by atoms with van der Waals surface area (Å²) in [5.74, 6) is -2.84. The summed E-state index contributed by atoms with van der Waals surface area (Å²) in [6, 6.07) is 3.43. The minimum absolute atomic E-state index is 0. The summed E-state index contributed by atoms with van der Waals surface area (Å²) in [7, 11) is 0. The third kappa shape index (κ3) is 3.64. The van der Waals surface area contributed by atoms with Crippen LogP contribution in [0.25, 0.3) is 0 Å². The van der Waals surface area contributed by atoms with Gasteiger partial charge in [0.25, 0.3) is 5.91 Å². The van der Waals surface area contributed by atoms with Crippen LogP contribution in [0, 0.1) is 6.92 Å². The number of rotatable bonds is 1. The molecule has 13 heavy (non-hydrogen) atoms. The minimum Gasteiger partial charge on any atom is -0.540 e. The molecule has 6 heteroatoms. The van der Waals surface area contributed by atoms with E-state index in [1.807, 2.05) is 6.92 Å². The Kier molecular flexibility index (Phi) is 4.77. The first-order valence-electron chi connectivity index (χ1n) is 3.18. The third-order valence-corrected chi connectivity index (χ3v) is 2.08. The molecule has 0 atom stereocenters. The molecule has 0 saturated carbocycles. The van der Waals surface area contributed by atoms with Crippen molar-refractivity contribution in [2.75, 3.05) is 5.32 Å². The SMILES string of the molecule is Cc1ccc(NC(=O)C(=O)[O-])s1.[Li+]. The summed E-state index contributed by atoms with van der Waals surface area (Å²) in [6.45, 7) is 1.86. The van der Waals surface area contributed by atoms with Crippen molar-refractivity contribution in [2.45, 2.75) is 6.92 Å². The van der Waals surface area contributed by atoms with Crippen molar-refractivity contribution in [1.82, 2.24) is 0 Å². The van der Waals surface area contributed by atoms with Crippen molar-refractivity contribution in [3.05, 3.63) is 17.0 Å². The maximum absolute atomic E-state index is 10.6. The van der Waals surface area contributed by atoms with Crippen LogP contribution in [0.4, 0.5) is 5.00 Å². The first-order valence-corrected chi connectivity index (χ1v) is 4.00. The average molecular weight is 191 g/mol. The summed E-state index contributed by atoms with van der Waals surface area (Å²) < 4.78 is 0. The molecule has 1 amide bonds. The molecule has 1 aromatic rings. The van der Waals surface area contributed by atoms with E-state index in [-0.39, 0.29) is 18.9 Å². The Bertz CT molecular complexity index is 323. The second-order valence-corrected chi connectivity index (χ2v) is 3.44. The van der Waals surface area contributed by atoms with E-state index in [4.69, 9.17) is 0 Å². The Morgan fingerprint density at radius 2 is 2.08 bits per heavy atom. The second-order valence-electron chi connectivity index (χ2n) is 2.15. The number of carbonyl (C=O) groups is 2. The van der Waals surface area contributed by atoms with Gasteiger partial charge in [-0.05, 0) is 19.1 Å². The molecule has 0 radical (unpaired) electrons. The van der Waals surface area contributed by atoms with E-state index in [0.29, 0.717) is 5.00 Å². The van der Waals surface area contributed by atoms with E-state index < -0.39 is 11.9 Å². The zero-order chi connectivity index (χ0) is 9.14. The summed E-state index contributed by atoms with van der Waals surface area (Å²) in [6.07, 6.45) is 0. The number of aliphatic carboxylic acids is 1. The van der Waals surface area contributed by atoms with Crippen LogP contribution in [0.15, 0.2) is 12.1 Å². The van der Waals surface area contributed by atoms with Crippen molar-refractivity contribution < 1.29 is 33.6 Å². The maximum atomic E-state index is 10.6. The number of anilines is 1. The van der Waals surface area contributed by atoms with Crippen LogP contribution < -0.4 is 29.3 Å². The molecule has 1 rings (SSSR count). The van der Waals surface area contributed by atoms with E-state index in [1.54, 1.807) is 12.1 Å². The van der Waals surface area contributed by atoms with Gasteiger partial charge in [0.05, 0.1) is 5.00 Å². The minimum atomic E-state index is -1.72. The number of thiophene rings is 1. The predicted octanol–water partition coefficient (Wildman–Crippen LogP) is -3.25. The van der Waals surface area contributed by atoms with Crippen LogP contribution in [0.3, 0.4) is 0 Å². The van der Waals surface area contributed by atoms with Crippen LogP contribution in [0.5, 0.6) is 0 Å². The monoisotopic (exact) mass is 191 g/mol. The predicted molar refractivity (Wildman–Crippen MR) is 42.7 cm³/mol. The van der Waals surface area contributed by atoms with Gasteiger partial charge in [-0.2, -0.15) is 0 Å². The van der Waals surface area contributed by atoms with Crippen LogP contribution in [-0.2, 0) is 9.59 Å². The largest absolute Gasteiger partial charge is 1.00 e. The molecule has 0 fully saturated rings. The van der Waals surface area contributed by atoms with E-state index in [9.17, 15) is 14.7 Å². The average Bonchev–Trinajstić information content (AvgIpc) is 2.35. The summed E-state index contributed by atoms with van der Waals surface area (Å²) in [5, 5.41) is 12.7. The van der Waals surface area contributed by atoms with Gasteiger partial charge < -0.3 is 15.2 Å². The molecule has 1 heterocycles. The molecule has 1 aromatic heterocycles. The van der Waals surface area contributed by atoms with Crippen LogP contribution in [-0.4, -0.2) is 11.9 Å². The molecule has 4 nitrogen and oxygen atoms in total. The molecule has 0 unspecified atom stereocenters. The molecular weight excluding hydrogens is 185 g/mol. The van der Waals surface area contributed by atoms with E-state index in [2.05, 4.69) is 5.32 Å². The van der Waals surface area contributed by atoms with Gasteiger partial charge in [0, 0.05) is 4.88 Å². The number of nitrogens with one attached hydrogen (secondary N) is 1. The zero-order valence-corrected chi connectivity index (χ0v) is 8.10. The summed E-state index contributed by atoms with van der Waals surface area (Å²) >= 11 is 1.31. The van der Waals surface area contributed by atoms with Crippen molar-refractivity contribution in [3.8, 4) is 0 Å². The van der Waals surface area contributed by atoms with Crippen molar-refractivity contribution >= 4 is 28.2 Å². The van der Waals surface area contributed by atoms with Crippen molar-refractivity contribution in [3.63, 3.8) is 0 Å². The van der Waals surface area contributed by atoms with Gasteiger partial charge in [-0.3, -0.25) is 4.79 Å². The quantitative estimate of drug-likeness (QED) is 0.374. The number of carboxylic acids is 1. The number of hydrogen-bond acceptors (Lipinski definition) is 4. The van der Waals surface area contributed by atoms with Gasteiger partial charge in [-0.1, -0.05) is 0 Å². The Hall–Kier alpha value is -0.763. The van der Waals surface area contributed by atoms with Gasteiger partial charge in [-0.25, -0.2) is 0 Å². The number of aryl methyl sites for hydroxylation is 1. The molecule has 0 saturated heterocycles. The first kappa shape index (κ1) is 12.2. The van der Waals surface area contributed by atoms with E-state index in [1.165, 1.54) is 11.3 Å². The Morgan fingerprint density at radius 1 is 1.46 bits per heavy atom. The van der Waals surface area contributed by atoms with Crippen LogP contribution in [0.1, 0.15) is 4.88 Å². The Balaban J connectivity index is 0.00000144.